The molecule has 0 unspecified atom stereocenters. The van der Waals surface area contributed by atoms with E-state index in [0.29, 0.717) is 6.42 Å². The van der Waals surface area contributed by atoms with Gasteiger partial charge in [-0.05, 0) is 46.7 Å². The molecule has 0 aliphatic carbocycles. The number of carbonyl (C=O) groups excluding carboxylic acids is 1. The lowest BCUT2D eigenvalue weighted by molar-refractivity contribution is -0.139. The van der Waals surface area contributed by atoms with Crippen molar-refractivity contribution < 1.29 is 9.53 Å². The highest BCUT2D eigenvalue weighted by atomic mass is 127. The van der Waals surface area contributed by atoms with E-state index in [9.17, 15) is 4.79 Å². The maximum Gasteiger partial charge on any atom is 0.309 e. The molecule has 0 radical (unpaired) electrons. The number of methoxy groups -OCH3 is 1. The monoisotopic (exact) mass is 290 g/mol. The van der Waals surface area contributed by atoms with E-state index in [-0.39, 0.29) is 5.97 Å². The minimum absolute atomic E-state index is 0.194. The second-order valence-electron chi connectivity index (χ2n) is 2.84. The molecule has 0 N–H and O–H groups in total. The number of ether oxygens (including phenoxy) is 1. The van der Waals surface area contributed by atoms with Crippen LogP contribution < -0.4 is 0 Å². The van der Waals surface area contributed by atoms with Crippen molar-refractivity contribution in [2.24, 2.45) is 0 Å². The molecule has 0 amide bonds. The number of halogens is 1. The number of rotatable bonds is 2. The van der Waals surface area contributed by atoms with Gasteiger partial charge in [-0.1, -0.05) is 12.1 Å². The Morgan fingerprint density at radius 2 is 2.23 bits per heavy atom. The molecule has 70 valence electrons. The van der Waals surface area contributed by atoms with E-state index in [1.165, 1.54) is 16.2 Å². The van der Waals surface area contributed by atoms with Crippen molar-refractivity contribution in [1.29, 1.82) is 0 Å². The van der Waals surface area contributed by atoms with Gasteiger partial charge in [0.15, 0.2) is 0 Å². The van der Waals surface area contributed by atoms with Crippen LogP contribution in [-0.4, -0.2) is 13.1 Å². The summed E-state index contributed by atoms with van der Waals surface area (Å²) in [7, 11) is 1.40. The largest absolute Gasteiger partial charge is 0.469 e. The normalized spacial score (nSPS) is 9.77. The Kier molecular flexibility index (Phi) is 3.71. The molecule has 0 fully saturated rings. The standard InChI is InChI=1S/C10H11IO2/c1-7-5-8(3-4-9(7)11)6-10(12)13-2/h3-5H,6H2,1-2H3. The first-order valence-corrected chi connectivity index (χ1v) is 5.03. The quantitative estimate of drug-likeness (QED) is 0.617. The van der Waals surface area contributed by atoms with Crippen LogP contribution in [0.2, 0.25) is 0 Å². The first-order chi connectivity index (χ1) is 6.13. The SMILES string of the molecule is COC(=O)Cc1ccc(I)c(C)c1. The summed E-state index contributed by atoms with van der Waals surface area (Å²) in [5, 5.41) is 0. The molecule has 0 atom stereocenters. The number of carbonyl (C=O) groups is 1. The highest BCUT2D eigenvalue weighted by Gasteiger charge is 2.03. The summed E-state index contributed by atoms with van der Waals surface area (Å²) < 4.78 is 5.80. The number of benzene rings is 1. The molecule has 0 heterocycles. The summed E-state index contributed by atoms with van der Waals surface area (Å²) in [5.41, 5.74) is 2.20. The van der Waals surface area contributed by atoms with Gasteiger partial charge in [0, 0.05) is 3.57 Å². The third kappa shape index (κ3) is 2.99. The molecular formula is C10H11IO2. The summed E-state index contributed by atoms with van der Waals surface area (Å²) in [6, 6.07) is 5.97. The first-order valence-electron chi connectivity index (χ1n) is 3.95. The van der Waals surface area contributed by atoms with Crippen LogP contribution in [0, 0.1) is 10.5 Å². The van der Waals surface area contributed by atoms with Gasteiger partial charge >= 0.3 is 5.97 Å². The second-order valence-corrected chi connectivity index (χ2v) is 4.00. The van der Waals surface area contributed by atoms with Gasteiger partial charge in [-0.3, -0.25) is 4.79 Å². The van der Waals surface area contributed by atoms with Crippen LogP contribution in [0.4, 0.5) is 0 Å². The lowest BCUT2D eigenvalue weighted by Gasteiger charge is -2.02. The number of esters is 1. The average Bonchev–Trinajstić information content (AvgIpc) is 2.11. The van der Waals surface area contributed by atoms with Gasteiger partial charge in [-0.2, -0.15) is 0 Å². The van der Waals surface area contributed by atoms with Crippen LogP contribution in [0.3, 0.4) is 0 Å². The Morgan fingerprint density at radius 1 is 1.54 bits per heavy atom. The molecule has 1 aromatic rings. The molecule has 2 nitrogen and oxygen atoms in total. The van der Waals surface area contributed by atoms with Crippen LogP contribution >= 0.6 is 22.6 Å². The Bertz CT molecular complexity index is 321. The van der Waals surface area contributed by atoms with Crippen LogP contribution in [0.25, 0.3) is 0 Å². The summed E-state index contributed by atoms with van der Waals surface area (Å²) in [6.45, 7) is 2.03. The molecule has 0 aliphatic heterocycles. The van der Waals surface area contributed by atoms with Crippen molar-refractivity contribution in [1.82, 2.24) is 0 Å². The fourth-order valence-corrected chi connectivity index (χ4v) is 1.39. The molecular weight excluding hydrogens is 279 g/mol. The summed E-state index contributed by atoms with van der Waals surface area (Å²) in [5.74, 6) is -0.194. The topological polar surface area (TPSA) is 26.3 Å². The minimum Gasteiger partial charge on any atom is -0.469 e. The van der Waals surface area contributed by atoms with Gasteiger partial charge in [0.05, 0.1) is 13.5 Å². The number of hydrogen-bond acceptors (Lipinski definition) is 2. The van der Waals surface area contributed by atoms with Gasteiger partial charge in [0.2, 0.25) is 0 Å². The molecule has 1 aromatic carbocycles. The molecule has 3 heteroatoms. The summed E-state index contributed by atoms with van der Waals surface area (Å²) >= 11 is 2.27. The predicted molar refractivity (Wildman–Crippen MR) is 59.6 cm³/mol. The van der Waals surface area contributed by atoms with E-state index in [1.807, 2.05) is 25.1 Å². The van der Waals surface area contributed by atoms with Gasteiger partial charge in [0.1, 0.15) is 0 Å². The zero-order valence-electron chi connectivity index (χ0n) is 7.63. The number of hydrogen-bond donors (Lipinski definition) is 0. The van der Waals surface area contributed by atoms with Crippen LogP contribution in [0.15, 0.2) is 18.2 Å². The first kappa shape index (κ1) is 10.5. The van der Waals surface area contributed by atoms with E-state index in [1.54, 1.807) is 0 Å². The predicted octanol–water partition coefficient (Wildman–Crippen LogP) is 2.32. The molecule has 0 saturated heterocycles. The average molecular weight is 290 g/mol. The van der Waals surface area contributed by atoms with Crippen molar-refractivity contribution in [3.63, 3.8) is 0 Å². The van der Waals surface area contributed by atoms with Crippen LogP contribution in [0.5, 0.6) is 0 Å². The summed E-state index contributed by atoms with van der Waals surface area (Å²) in [4.78, 5) is 11.0. The van der Waals surface area contributed by atoms with Gasteiger partial charge in [0.25, 0.3) is 0 Å². The molecule has 0 aromatic heterocycles. The van der Waals surface area contributed by atoms with Crippen molar-refractivity contribution >= 4 is 28.6 Å². The zero-order valence-corrected chi connectivity index (χ0v) is 9.79. The lowest BCUT2D eigenvalue weighted by atomic mass is 10.1. The lowest BCUT2D eigenvalue weighted by Crippen LogP contribution is -2.04. The maximum atomic E-state index is 11.0. The highest BCUT2D eigenvalue weighted by molar-refractivity contribution is 14.1. The Morgan fingerprint density at radius 3 is 2.77 bits per heavy atom. The molecule has 0 saturated carbocycles. The molecule has 0 spiro atoms. The van der Waals surface area contributed by atoms with Crippen LogP contribution in [0.1, 0.15) is 11.1 Å². The maximum absolute atomic E-state index is 11.0. The second kappa shape index (κ2) is 4.60. The van der Waals surface area contributed by atoms with E-state index < -0.39 is 0 Å². The van der Waals surface area contributed by atoms with Gasteiger partial charge in [-0.25, -0.2) is 0 Å². The Labute approximate surface area is 91.4 Å². The van der Waals surface area contributed by atoms with Crippen molar-refractivity contribution in [2.75, 3.05) is 7.11 Å². The molecule has 0 bridgehead atoms. The minimum atomic E-state index is -0.194. The third-order valence-electron chi connectivity index (χ3n) is 1.80. The Hall–Kier alpha value is -0.580. The highest BCUT2D eigenvalue weighted by Crippen LogP contribution is 2.13. The van der Waals surface area contributed by atoms with E-state index in [0.717, 1.165) is 5.56 Å². The zero-order chi connectivity index (χ0) is 9.84. The Balaban J connectivity index is 2.79. The smallest absolute Gasteiger partial charge is 0.309 e. The fraction of sp³-hybridized carbons (Fsp3) is 0.300. The van der Waals surface area contributed by atoms with E-state index in [2.05, 4.69) is 27.3 Å². The van der Waals surface area contributed by atoms with Gasteiger partial charge < -0.3 is 4.74 Å². The molecule has 13 heavy (non-hydrogen) atoms. The van der Waals surface area contributed by atoms with E-state index >= 15 is 0 Å². The molecule has 0 aliphatic rings. The van der Waals surface area contributed by atoms with Crippen molar-refractivity contribution in [3.8, 4) is 0 Å². The van der Waals surface area contributed by atoms with E-state index in [4.69, 9.17) is 0 Å². The fourth-order valence-electron chi connectivity index (χ4n) is 1.06. The molecule has 1 rings (SSSR count). The summed E-state index contributed by atoms with van der Waals surface area (Å²) in [6.07, 6.45) is 0.355. The number of aryl methyl sites for hydroxylation is 1. The van der Waals surface area contributed by atoms with Crippen molar-refractivity contribution in [3.05, 3.63) is 32.9 Å². The van der Waals surface area contributed by atoms with Gasteiger partial charge in [-0.15, -0.1) is 0 Å². The van der Waals surface area contributed by atoms with Crippen LogP contribution in [-0.2, 0) is 16.0 Å². The van der Waals surface area contributed by atoms with Crippen molar-refractivity contribution in [2.45, 2.75) is 13.3 Å². The third-order valence-corrected chi connectivity index (χ3v) is 3.01.